The summed E-state index contributed by atoms with van der Waals surface area (Å²) in [7, 11) is 0. The van der Waals surface area contributed by atoms with Gasteiger partial charge >= 0.3 is 0 Å². The van der Waals surface area contributed by atoms with Crippen LogP contribution in [0.3, 0.4) is 0 Å². The first-order valence-corrected chi connectivity index (χ1v) is 7.87. The minimum absolute atomic E-state index is 0.0635. The van der Waals surface area contributed by atoms with Gasteiger partial charge in [0.1, 0.15) is 5.82 Å². The lowest BCUT2D eigenvalue weighted by atomic mass is 9.92. The summed E-state index contributed by atoms with van der Waals surface area (Å²) in [5.74, 6) is 1.27. The summed E-state index contributed by atoms with van der Waals surface area (Å²) < 4.78 is 2.01. The van der Waals surface area contributed by atoms with Crippen molar-refractivity contribution in [2.45, 2.75) is 45.1 Å². The molecule has 2 aromatic heterocycles. The Hall–Kier alpha value is -1.88. The van der Waals surface area contributed by atoms with Gasteiger partial charge < -0.3 is 14.8 Å². The van der Waals surface area contributed by atoms with Crippen molar-refractivity contribution >= 4 is 11.4 Å². The monoisotopic (exact) mass is 301 g/mol. The second-order valence-electron chi connectivity index (χ2n) is 6.74. The van der Waals surface area contributed by atoms with Crippen LogP contribution in [0.5, 0.6) is 0 Å². The maximum atomic E-state index is 12.5. The Morgan fingerprint density at radius 3 is 2.86 bits per heavy atom. The lowest BCUT2D eigenvalue weighted by Gasteiger charge is -2.27. The second-order valence-corrected chi connectivity index (χ2v) is 6.74. The normalized spacial score (nSPS) is 17.7. The van der Waals surface area contributed by atoms with Crippen molar-refractivity contribution in [2.24, 2.45) is 5.92 Å². The van der Waals surface area contributed by atoms with E-state index in [1.807, 2.05) is 42.6 Å². The Labute approximate surface area is 130 Å². The number of carbonyl (C=O) groups excluding carboxylic acids is 1. The van der Waals surface area contributed by atoms with E-state index >= 15 is 0 Å². The minimum atomic E-state index is -0.926. The summed E-state index contributed by atoms with van der Waals surface area (Å²) >= 11 is 0. The number of hydrogen-bond donors (Lipinski definition) is 2. The molecule has 0 saturated heterocycles. The van der Waals surface area contributed by atoms with E-state index in [0.717, 1.165) is 24.2 Å². The molecule has 1 amide bonds. The topological polar surface area (TPSA) is 66.6 Å². The first-order valence-electron chi connectivity index (χ1n) is 7.87. The van der Waals surface area contributed by atoms with E-state index in [-0.39, 0.29) is 18.4 Å². The summed E-state index contributed by atoms with van der Waals surface area (Å²) in [4.78, 5) is 17.1. The van der Waals surface area contributed by atoms with Crippen molar-refractivity contribution < 1.29 is 9.90 Å². The van der Waals surface area contributed by atoms with Crippen molar-refractivity contribution in [3.05, 3.63) is 35.9 Å². The van der Waals surface area contributed by atoms with Gasteiger partial charge in [-0.25, -0.2) is 4.98 Å². The smallest absolute Gasteiger partial charge is 0.272 e. The molecule has 1 unspecified atom stereocenters. The average Bonchev–Trinajstić information content (AvgIpc) is 3.25. The molecule has 5 nitrogen and oxygen atoms in total. The molecule has 0 aliphatic heterocycles. The predicted molar refractivity (Wildman–Crippen MR) is 85.0 cm³/mol. The number of nitrogens with one attached hydrogen (secondary N) is 1. The number of rotatable bonds is 5. The van der Waals surface area contributed by atoms with Gasteiger partial charge in [-0.3, -0.25) is 4.79 Å². The fourth-order valence-electron chi connectivity index (χ4n) is 2.41. The number of fused-ring (bicyclic) bond motifs is 1. The van der Waals surface area contributed by atoms with Crippen LogP contribution < -0.4 is 5.32 Å². The summed E-state index contributed by atoms with van der Waals surface area (Å²) in [6.07, 6.45) is 4.23. The van der Waals surface area contributed by atoms with E-state index in [0.29, 0.717) is 11.6 Å². The zero-order valence-electron chi connectivity index (χ0n) is 13.3. The van der Waals surface area contributed by atoms with Gasteiger partial charge in [-0.1, -0.05) is 19.9 Å². The molecule has 22 heavy (non-hydrogen) atoms. The molecule has 2 N–H and O–H groups in total. The van der Waals surface area contributed by atoms with Gasteiger partial charge in [-0.2, -0.15) is 0 Å². The molecule has 0 aromatic carbocycles. The molecule has 5 heteroatoms. The van der Waals surface area contributed by atoms with Crippen LogP contribution in [0, 0.1) is 5.92 Å². The number of amides is 1. The summed E-state index contributed by atoms with van der Waals surface area (Å²) in [6, 6.07) is 5.77. The van der Waals surface area contributed by atoms with Gasteiger partial charge in [0.05, 0.1) is 11.1 Å². The highest BCUT2D eigenvalue weighted by atomic mass is 16.3. The molecule has 3 rings (SSSR count). The molecule has 2 heterocycles. The van der Waals surface area contributed by atoms with Crippen LogP contribution in [0.25, 0.3) is 5.52 Å². The molecular formula is C17H23N3O2. The van der Waals surface area contributed by atoms with E-state index in [4.69, 9.17) is 0 Å². The number of hydrogen-bond acceptors (Lipinski definition) is 3. The molecule has 1 fully saturated rings. The maximum absolute atomic E-state index is 12.5. The number of carbonyl (C=O) groups is 1. The molecule has 0 spiro atoms. The molecular weight excluding hydrogens is 278 g/mol. The minimum Gasteiger partial charge on any atom is -0.388 e. The lowest BCUT2D eigenvalue weighted by molar-refractivity contribution is 0.0142. The first-order chi connectivity index (χ1) is 10.4. The molecule has 0 bridgehead atoms. The molecule has 1 aliphatic rings. The van der Waals surface area contributed by atoms with E-state index in [1.54, 1.807) is 6.92 Å². The highest BCUT2D eigenvalue weighted by Gasteiger charge is 2.31. The molecule has 1 aliphatic carbocycles. The third-order valence-electron chi connectivity index (χ3n) is 4.58. The Morgan fingerprint density at radius 1 is 1.50 bits per heavy atom. The molecule has 118 valence electrons. The highest BCUT2D eigenvalue weighted by Crippen LogP contribution is 2.39. The van der Waals surface area contributed by atoms with Gasteiger partial charge in [-0.15, -0.1) is 0 Å². The maximum Gasteiger partial charge on any atom is 0.272 e. The Kier molecular flexibility index (Phi) is 3.68. The highest BCUT2D eigenvalue weighted by molar-refractivity contribution is 5.99. The zero-order chi connectivity index (χ0) is 15.9. The van der Waals surface area contributed by atoms with Gasteiger partial charge in [-0.05, 0) is 37.8 Å². The number of aromatic nitrogens is 2. The Bertz CT molecular complexity index is 699. The second kappa shape index (κ2) is 5.39. The van der Waals surface area contributed by atoms with Gasteiger partial charge in [0, 0.05) is 18.7 Å². The van der Waals surface area contributed by atoms with Crippen molar-refractivity contribution in [2.75, 3.05) is 6.54 Å². The largest absolute Gasteiger partial charge is 0.388 e. The van der Waals surface area contributed by atoms with Crippen LogP contribution in [0.2, 0.25) is 0 Å². The molecule has 1 saturated carbocycles. The first kappa shape index (κ1) is 15.0. The molecule has 0 radical (unpaired) electrons. The van der Waals surface area contributed by atoms with Crippen molar-refractivity contribution in [3.63, 3.8) is 0 Å². The quantitative estimate of drug-likeness (QED) is 0.891. The Balaban J connectivity index is 1.85. The Morgan fingerprint density at radius 2 is 2.23 bits per heavy atom. The number of nitrogens with zero attached hydrogens (tertiary/aromatic N) is 2. The number of pyridine rings is 1. The summed E-state index contributed by atoms with van der Waals surface area (Å²) in [5.41, 5.74) is 0.345. The van der Waals surface area contributed by atoms with Gasteiger partial charge in [0.25, 0.3) is 5.91 Å². The molecule has 1 atom stereocenters. The van der Waals surface area contributed by atoms with E-state index in [2.05, 4.69) is 10.3 Å². The third kappa shape index (κ3) is 2.73. The van der Waals surface area contributed by atoms with E-state index in [1.165, 1.54) is 0 Å². The third-order valence-corrected chi connectivity index (χ3v) is 4.58. The van der Waals surface area contributed by atoms with E-state index < -0.39 is 5.60 Å². The standard InChI is InChI=1S/C17H23N3O2/c1-11(2)17(3,22)10-18-16(21)14-13-6-4-5-9-20(13)15(19-14)12-7-8-12/h4-6,9,11-12,22H,7-8,10H2,1-3H3,(H,18,21). The summed E-state index contributed by atoms with van der Waals surface area (Å²) in [5, 5.41) is 13.1. The van der Waals surface area contributed by atoms with Crippen LogP contribution in [0.15, 0.2) is 24.4 Å². The SMILES string of the molecule is CC(C)C(C)(O)CNC(=O)c1nc(C2CC2)n2ccccc12. The van der Waals surface area contributed by atoms with Gasteiger partial charge in [0.2, 0.25) is 0 Å². The molecule has 2 aromatic rings. The predicted octanol–water partition coefficient (Wildman–Crippen LogP) is 2.35. The van der Waals surface area contributed by atoms with Crippen LogP contribution >= 0.6 is 0 Å². The fraction of sp³-hybridized carbons (Fsp3) is 0.529. The summed E-state index contributed by atoms with van der Waals surface area (Å²) in [6.45, 7) is 5.82. The van der Waals surface area contributed by atoms with Crippen LogP contribution in [-0.2, 0) is 0 Å². The van der Waals surface area contributed by atoms with Crippen molar-refractivity contribution in [3.8, 4) is 0 Å². The van der Waals surface area contributed by atoms with Crippen LogP contribution in [0.4, 0.5) is 0 Å². The van der Waals surface area contributed by atoms with Crippen LogP contribution in [-0.4, -0.2) is 32.5 Å². The van der Waals surface area contributed by atoms with Gasteiger partial charge in [0.15, 0.2) is 5.69 Å². The van der Waals surface area contributed by atoms with Crippen LogP contribution in [0.1, 0.15) is 55.8 Å². The van der Waals surface area contributed by atoms with E-state index in [9.17, 15) is 9.90 Å². The zero-order valence-corrected chi connectivity index (χ0v) is 13.3. The fourth-order valence-corrected chi connectivity index (χ4v) is 2.41. The number of aliphatic hydroxyl groups is 1. The average molecular weight is 301 g/mol. The van der Waals surface area contributed by atoms with Crippen molar-refractivity contribution in [1.29, 1.82) is 0 Å². The number of imidazole rings is 1. The van der Waals surface area contributed by atoms with Crippen molar-refractivity contribution in [1.82, 2.24) is 14.7 Å². The lowest BCUT2D eigenvalue weighted by Crippen LogP contribution is -2.44.